The van der Waals surface area contributed by atoms with Gasteiger partial charge in [-0.25, -0.2) is 21.9 Å². The fourth-order valence-electron chi connectivity index (χ4n) is 2.17. The zero-order valence-electron chi connectivity index (χ0n) is 13.4. The topological polar surface area (TPSA) is 67.4 Å². The fourth-order valence-corrected chi connectivity index (χ4v) is 3.51. The van der Waals surface area contributed by atoms with Gasteiger partial charge in [-0.2, -0.15) is 0 Å². The molecule has 1 unspecified atom stereocenters. The summed E-state index contributed by atoms with van der Waals surface area (Å²) in [5.74, 6) is 0.230. The molecular formula is C16H20F2N2O3S. The van der Waals surface area contributed by atoms with Crippen LogP contribution in [-0.2, 0) is 10.0 Å². The van der Waals surface area contributed by atoms with E-state index in [4.69, 9.17) is 4.74 Å². The average molecular weight is 358 g/mol. The maximum atomic E-state index is 12.5. The molecule has 0 saturated heterocycles. The lowest BCUT2D eigenvalue weighted by Crippen LogP contribution is -2.37. The minimum absolute atomic E-state index is 0.0281. The molecule has 0 bridgehead atoms. The average Bonchev–Trinajstić information content (AvgIpc) is 2.57. The standard InChI is InChI=1S/C16H20F2N2O3S/c1-11(19-2)9-20-24(21,22)15-8-7-14(23-10-16(17)18)12-5-3-4-6-13(12)15/h3-8,11,16,19-20H,9-10H2,1-2H3. The van der Waals surface area contributed by atoms with Crippen molar-refractivity contribution in [1.29, 1.82) is 0 Å². The van der Waals surface area contributed by atoms with Gasteiger partial charge in [-0.15, -0.1) is 0 Å². The highest BCUT2D eigenvalue weighted by Gasteiger charge is 2.19. The SMILES string of the molecule is CNC(C)CNS(=O)(=O)c1ccc(OCC(F)F)c2ccccc12. The van der Waals surface area contributed by atoms with Crippen LogP contribution in [-0.4, -0.2) is 41.1 Å². The number of hydrogen-bond acceptors (Lipinski definition) is 4. The maximum absolute atomic E-state index is 12.5. The molecule has 132 valence electrons. The quantitative estimate of drug-likeness (QED) is 0.760. The number of likely N-dealkylation sites (N-methyl/N-ethyl adjacent to an activating group) is 1. The second kappa shape index (κ2) is 7.87. The monoisotopic (exact) mass is 358 g/mol. The van der Waals surface area contributed by atoms with Gasteiger partial charge >= 0.3 is 0 Å². The number of sulfonamides is 1. The molecule has 0 radical (unpaired) electrons. The lowest BCUT2D eigenvalue weighted by Gasteiger charge is -2.15. The van der Waals surface area contributed by atoms with Gasteiger partial charge in [-0.3, -0.25) is 0 Å². The summed E-state index contributed by atoms with van der Waals surface area (Å²) in [6.07, 6.45) is -2.60. The Hall–Kier alpha value is -1.77. The lowest BCUT2D eigenvalue weighted by molar-refractivity contribution is 0.0826. The Labute approximate surface area is 140 Å². The van der Waals surface area contributed by atoms with Crippen molar-refractivity contribution in [3.63, 3.8) is 0 Å². The summed E-state index contributed by atoms with van der Waals surface area (Å²) in [6, 6.07) is 9.40. The van der Waals surface area contributed by atoms with Crippen LogP contribution < -0.4 is 14.8 Å². The predicted octanol–water partition coefficient (Wildman–Crippen LogP) is 2.37. The van der Waals surface area contributed by atoms with Crippen molar-refractivity contribution in [3.05, 3.63) is 36.4 Å². The molecule has 5 nitrogen and oxygen atoms in total. The molecule has 2 rings (SSSR count). The highest BCUT2D eigenvalue weighted by atomic mass is 32.2. The summed E-state index contributed by atoms with van der Waals surface area (Å²) in [5.41, 5.74) is 0. The Morgan fingerprint density at radius 3 is 2.42 bits per heavy atom. The molecule has 0 aliphatic heterocycles. The number of fused-ring (bicyclic) bond motifs is 1. The number of hydrogen-bond donors (Lipinski definition) is 2. The number of ether oxygens (including phenoxy) is 1. The van der Waals surface area contributed by atoms with E-state index in [1.54, 1.807) is 31.3 Å². The van der Waals surface area contributed by atoms with Crippen LogP contribution in [0.5, 0.6) is 5.75 Å². The molecule has 0 heterocycles. The van der Waals surface area contributed by atoms with Gasteiger partial charge in [0.05, 0.1) is 4.90 Å². The van der Waals surface area contributed by atoms with Gasteiger partial charge in [0.15, 0.2) is 0 Å². The first-order valence-corrected chi connectivity index (χ1v) is 8.93. The second-order valence-corrected chi connectivity index (χ2v) is 7.09. The van der Waals surface area contributed by atoms with E-state index in [1.807, 2.05) is 6.92 Å². The molecule has 0 fully saturated rings. The summed E-state index contributed by atoms with van der Waals surface area (Å²) in [7, 11) is -1.99. The number of alkyl halides is 2. The highest BCUT2D eigenvalue weighted by Crippen LogP contribution is 2.31. The molecule has 2 aromatic rings. The molecule has 0 aliphatic carbocycles. The van der Waals surface area contributed by atoms with E-state index in [9.17, 15) is 17.2 Å². The van der Waals surface area contributed by atoms with E-state index >= 15 is 0 Å². The van der Waals surface area contributed by atoms with Crippen molar-refractivity contribution in [2.24, 2.45) is 0 Å². The van der Waals surface area contributed by atoms with Crippen LogP contribution in [0.4, 0.5) is 8.78 Å². The molecule has 1 atom stereocenters. The first kappa shape index (κ1) is 18.6. The zero-order valence-corrected chi connectivity index (χ0v) is 14.2. The van der Waals surface area contributed by atoms with Crippen molar-refractivity contribution < 1.29 is 21.9 Å². The Bertz CT molecular complexity index is 797. The molecule has 0 amide bonds. The molecule has 24 heavy (non-hydrogen) atoms. The molecular weight excluding hydrogens is 338 g/mol. The maximum Gasteiger partial charge on any atom is 0.272 e. The predicted molar refractivity (Wildman–Crippen MR) is 89.2 cm³/mol. The summed E-state index contributed by atoms with van der Waals surface area (Å²) < 4.78 is 57.4. The third-order valence-electron chi connectivity index (χ3n) is 3.57. The molecule has 0 aliphatic rings. The fraction of sp³-hybridized carbons (Fsp3) is 0.375. The Morgan fingerprint density at radius 1 is 1.12 bits per heavy atom. The van der Waals surface area contributed by atoms with Crippen molar-refractivity contribution in [3.8, 4) is 5.75 Å². The third-order valence-corrected chi connectivity index (χ3v) is 5.05. The van der Waals surface area contributed by atoms with Crippen LogP contribution in [0.1, 0.15) is 6.92 Å². The van der Waals surface area contributed by atoms with E-state index in [-0.39, 0.29) is 23.2 Å². The highest BCUT2D eigenvalue weighted by molar-refractivity contribution is 7.89. The van der Waals surface area contributed by atoms with Crippen LogP contribution in [0, 0.1) is 0 Å². The molecule has 0 saturated carbocycles. The minimum atomic E-state index is -3.73. The van der Waals surface area contributed by atoms with Gasteiger partial charge in [0.1, 0.15) is 12.4 Å². The van der Waals surface area contributed by atoms with E-state index in [0.717, 1.165) is 0 Å². The first-order chi connectivity index (χ1) is 11.3. The summed E-state index contributed by atoms with van der Waals surface area (Å²) in [5, 5.41) is 3.84. The van der Waals surface area contributed by atoms with Crippen LogP contribution in [0.25, 0.3) is 10.8 Å². The van der Waals surface area contributed by atoms with Gasteiger partial charge in [-0.1, -0.05) is 24.3 Å². The smallest absolute Gasteiger partial charge is 0.272 e. The second-order valence-electron chi connectivity index (χ2n) is 5.35. The van der Waals surface area contributed by atoms with Gasteiger partial charge < -0.3 is 10.1 Å². The Kier molecular flexibility index (Phi) is 6.09. The van der Waals surface area contributed by atoms with E-state index < -0.39 is 23.1 Å². The Morgan fingerprint density at radius 2 is 1.79 bits per heavy atom. The molecule has 2 N–H and O–H groups in total. The van der Waals surface area contributed by atoms with Crippen LogP contribution >= 0.6 is 0 Å². The van der Waals surface area contributed by atoms with Crippen LogP contribution in [0.2, 0.25) is 0 Å². The van der Waals surface area contributed by atoms with Gasteiger partial charge in [0.25, 0.3) is 6.43 Å². The van der Waals surface area contributed by atoms with Crippen LogP contribution in [0.15, 0.2) is 41.3 Å². The van der Waals surface area contributed by atoms with Crippen molar-refractivity contribution in [2.75, 3.05) is 20.2 Å². The largest absolute Gasteiger partial charge is 0.487 e. The molecule has 2 aromatic carbocycles. The van der Waals surface area contributed by atoms with Crippen LogP contribution in [0.3, 0.4) is 0 Å². The van der Waals surface area contributed by atoms with Gasteiger partial charge in [-0.05, 0) is 26.1 Å². The lowest BCUT2D eigenvalue weighted by atomic mass is 10.1. The first-order valence-electron chi connectivity index (χ1n) is 7.44. The van der Waals surface area contributed by atoms with Gasteiger partial charge in [0, 0.05) is 23.4 Å². The normalized spacial score (nSPS) is 13.4. The third kappa shape index (κ3) is 4.40. The number of rotatable bonds is 8. The molecule has 0 aromatic heterocycles. The summed E-state index contributed by atoms with van der Waals surface area (Å²) in [4.78, 5) is 0.0887. The van der Waals surface area contributed by atoms with Gasteiger partial charge in [0.2, 0.25) is 10.0 Å². The van der Waals surface area contributed by atoms with E-state index in [0.29, 0.717) is 10.8 Å². The minimum Gasteiger partial charge on any atom is -0.487 e. The van der Waals surface area contributed by atoms with E-state index in [2.05, 4.69) is 10.0 Å². The number of nitrogens with one attached hydrogen (secondary N) is 2. The van der Waals surface area contributed by atoms with Crippen molar-refractivity contribution >= 4 is 20.8 Å². The van der Waals surface area contributed by atoms with Crippen molar-refractivity contribution in [2.45, 2.75) is 24.3 Å². The number of halogens is 2. The van der Waals surface area contributed by atoms with Crippen molar-refractivity contribution in [1.82, 2.24) is 10.0 Å². The Balaban J connectivity index is 2.40. The van der Waals surface area contributed by atoms with E-state index in [1.165, 1.54) is 12.1 Å². The molecule has 8 heteroatoms. The zero-order chi connectivity index (χ0) is 17.7. The summed E-state index contributed by atoms with van der Waals surface area (Å²) >= 11 is 0. The summed E-state index contributed by atoms with van der Waals surface area (Å²) in [6.45, 7) is 1.34. The molecule has 0 spiro atoms. The number of benzene rings is 2.